The Morgan fingerprint density at radius 3 is 2.35 bits per heavy atom. The van der Waals surface area contributed by atoms with Gasteiger partial charge in [0.05, 0.1) is 12.4 Å². The van der Waals surface area contributed by atoms with Crippen LogP contribution in [0.15, 0.2) is 59.1 Å². The Hall–Kier alpha value is -2.31. The number of nitrogens with zero attached hydrogens (tertiary/aromatic N) is 2. The molecule has 0 amide bonds. The average molecular weight is 328 g/mol. The molecule has 5 nitrogen and oxygen atoms in total. The Morgan fingerprint density at radius 1 is 0.957 bits per heavy atom. The fourth-order valence-electron chi connectivity index (χ4n) is 2.13. The SMILES string of the molecule is O=S(Cc1ccc(CO)cc1)Cc1noc(-c2ccccc2)n1. The normalized spacial score (nSPS) is 12.2. The van der Waals surface area contributed by atoms with Gasteiger partial charge in [0.15, 0.2) is 5.82 Å². The van der Waals surface area contributed by atoms with Crippen LogP contribution in [-0.4, -0.2) is 19.5 Å². The maximum absolute atomic E-state index is 12.2. The smallest absolute Gasteiger partial charge is 0.257 e. The van der Waals surface area contributed by atoms with E-state index in [1.54, 1.807) is 0 Å². The van der Waals surface area contributed by atoms with Crippen molar-refractivity contribution in [3.63, 3.8) is 0 Å². The zero-order valence-corrected chi connectivity index (χ0v) is 13.2. The second-order valence-corrected chi connectivity index (χ2v) is 6.54. The van der Waals surface area contributed by atoms with Crippen molar-refractivity contribution in [2.45, 2.75) is 18.1 Å². The lowest BCUT2D eigenvalue weighted by molar-refractivity contribution is 0.282. The van der Waals surface area contributed by atoms with E-state index < -0.39 is 10.8 Å². The summed E-state index contributed by atoms with van der Waals surface area (Å²) in [5, 5.41) is 12.9. The number of rotatable bonds is 6. The van der Waals surface area contributed by atoms with Crippen LogP contribution < -0.4 is 0 Å². The highest BCUT2D eigenvalue weighted by molar-refractivity contribution is 7.83. The first-order valence-corrected chi connectivity index (χ1v) is 8.65. The Labute approximate surface area is 136 Å². The predicted molar refractivity (Wildman–Crippen MR) is 87.6 cm³/mol. The van der Waals surface area contributed by atoms with Crippen LogP contribution in [0, 0.1) is 0 Å². The van der Waals surface area contributed by atoms with Crippen LogP contribution in [0.2, 0.25) is 0 Å². The van der Waals surface area contributed by atoms with Crippen molar-refractivity contribution in [3.8, 4) is 11.5 Å². The number of hydrogen-bond donors (Lipinski definition) is 1. The number of benzene rings is 2. The van der Waals surface area contributed by atoms with Crippen molar-refractivity contribution in [1.82, 2.24) is 10.1 Å². The second-order valence-electron chi connectivity index (χ2n) is 5.08. The Balaban J connectivity index is 1.63. The molecule has 1 heterocycles. The molecule has 118 valence electrons. The minimum absolute atomic E-state index is 0.00842. The summed E-state index contributed by atoms with van der Waals surface area (Å²) in [6.07, 6.45) is 0. The molecular weight excluding hydrogens is 312 g/mol. The van der Waals surface area contributed by atoms with Crippen molar-refractivity contribution in [3.05, 3.63) is 71.5 Å². The lowest BCUT2D eigenvalue weighted by Crippen LogP contribution is -2.01. The topological polar surface area (TPSA) is 76.2 Å². The van der Waals surface area contributed by atoms with E-state index in [9.17, 15) is 4.21 Å². The molecule has 3 rings (SSSR count). The maximum Gasteiger partial charge on any atom is 0.257 e. The van der Waals surface area contributed by atoms with E-state index in [4.69, 9.17) is 9.63 Å². The van der Waals surface area contributed by atoms with E-state index in [-0.39, 0.29) is 12.4 Å². The van der Waals surface area contributed by atoms with Gasteiger partial charge < -0.3 is 9.63 Å². The van der Waals surface area contributed by atoms with Gasteiger partial charge in [-0.25, -0.2) is 0 Å². The first-order valence-electron chi connectivity index (χ1n) is 7.16. The van der Waals surface area contributed by atoms with Crippen LogP contribution in [0.1, 0.15) is 17.0 Å². The zero-order valence-electron chi connectivity index (χ0n) is 12.4. The molecule has 2 aromatic carbocycles. The highest BCUT2D eigenvalue weighted by Gasteiger charge is 2.11. The maximum atomic E-state index is 12.2. The van der Waals surface area contributed by atoms with Crippen molar-refractivity contribution >= 4 is 10.8 Å². The van der Waals surface area contributed by atoms with Crippen LogP contribution in [0.5, 0.6) is 0 Å². The number of hydrogen-bond acceptors (Lipinski definition) is 5. The lowest BCUT2D eigenvalue weighted by Gasteiger charge is -2.01. The third-order valence-corrected chi connectivity index (χ3v) is 4.55. The van der Waals surface area contributed by atoms with Gasteiger partial charge in [-0.3, -0.25) is 4.21 Å². The van der Waals surface area contributed by atoms with Gasteiger partial charge in [-0.1, -0.05) is 47.6 Å². The fourth-order valence-corrected chi connectivity index (χ4v) is 3.20. The molecule has 0 aliphatic rings. The van der Waals surface area contributed by atoms with Gasteiger partial charge in [0.25, 0.3) is 5.89 Å². The third kappa shape index (κ3) is 4.12. The van der Waals surface area contributed by atoms with Crippen LogP contribution in [0.3, 0.4) is 0 Å². The first-order chi connectivity index (χ1) is 11.2. The molecule has 0 saturated heterocycles. The standard InChI is InChI=1S/C17H16N2O3S/c20-10-13-6-8-14(9-7-13)11-23(21)12-16-18-17(22-19-16)15-4-2-1-3-5-15/h1-9,20H,10-12H2. The summed E-state index contributed by atoms with van der Waals surface area (Å²) in [6, 6.07) is 16.9. The predicted octanol–water partition coefficient (Wildman–Crippen LogP) is 2.68. The fraction of sp³-hybridized carbons (Fsp3) is 0.176. The quantitative estimate of drug-likeness (QED) is 0.753. The van der Waals surface area contributed by atoms with Gasteiger partial charge in [0.1, 0.15) is 0 Å². The highest BCUT2D eigenvalue weighted by atomic mass is 32.2. The number of aliphatic hydroxyl groups excluding tert-OH is 1. The number of aliphatic hydroxyl groups is 1. The van der Waals surface area contributed by atoms with Crippen molar-refractivity contribution in [2.75, 3.05) is 0 Å². The van der Waals surface area contributed by atoms with Crippen molar-refractivity contribution in [1.29, 1.82) is 0 Å². The second kappa shape index (κ2) is 7.30. The average Bonchev–Trinajstić information content (AvgIpc) is 3.04. The molecule has 0 spiro atoms. The summed E-state index contributed by atoms with van der Waals surface area (Å²) < 4.78 is 17.4. The molecule has 0 aliphatic carbocycles. The Kier molecular flexibility index (Phi) is 4.95. The monoisotopic (exact) mass is 328 g/mol. The van der Waals surface area contributed by atoms with E-state index in [2.05, 4.69) is 10.1 Å². The molecule has 0 bridgehead atoms. The molecule has 0 radical (unpaired) electrons. The van der Waals surface area contributed by atoms with E-state index in [1.807, 2.05) is 54.6 Å². The Bertz CT molecular complexity index is 785. The summed E-state index contributed by atoms with van der Waals surface area (Å²) in [7, 11) is -1.12. The molecule has 0 aliphatic heterocycles. The van der Waals surface area contributed by atoms with Gasteiger partial charge in [0.2, 0.25) is 0 Å². The van der Waals surface area contributed by atoms with Gasteiger partial charge in [-0.15, -0.1) is 0 Å². The molecular formula is C17H16N2O3S. The van der Waals surface area contributed by atoms with Crippen LogP contribution in [-0.2, 0) is 28.9 Å². The number of aromatic nitrogens is 2. The van der Waals surface area contributed by atoms with Crippen molar-refractivity contribution in [2.24, 2.45) is 0 Å². The molecule has 3 aromatic rings. The van der Waals surface area contributed by atoms with Gasteiger partial charge in [0, 0.05) is 22.1 Å². The van der Waals surface area contributed by atoms with Crippen LogP contribution >= 0.6 is 0 Å². The van der Waals surface area contributed by atoms with Gasteiger partial charge in [-0.05, 0) is 23.3 Å². The summed E-state index contributed by atoms with van der Waals surface area (Å²) in [4.78, 5) is 4.29. The minimum Gasteiger partial charge on any atom is -0.392 e. The molecule has 1 aromatic heterocycles. The van der Waals surface area contributed by atoms with E-state index in [0.717, 1.165) is 16.7 Å². The van der Waals surface area contributed by atoms with E-state index >= 15 is 0 Å². The third-order valence-electron chi connectivity index (χ3n) is 3.31. The molecule has 0 fully saturated rings. The summed E-state index contributed by atoms with van der Waals surface area (Å²) in [5.41, 5.74) is 2.63. The highest BCUT2D eigenvalue weighted by Crippen LogP contribution is 2.17. The molecule has 1 unspecified atom stereocenters. The first kappa shape index (κ1) is 15.6. The van der Waals surface area contributed by atoms with Gasteiger partial charge in [-0.2, -0.15) is 4.98 Å². The van der Waals surface area contributed by atoms with Crippen LogP contribution in [0.4, 0.5) is 0 Å². The minimum atomic E-state index is -1.12. The zero-order chi connectivity index (χ0) is 16.1. The van der Waals surface area contributed by atoms with Gasteiger partial charge >= 0.3 is 0 Å². The lowest BCUT2D eigenvalue weighted by atomic mass is 10.2. The van der Waals surface area contributed by atoms with Crippen LogP contribution in [0.25, 0.3) is 11.5 Å². The summed E-state index contributed by atoms with van der Waals surface area (Å²) in [5.74, 6) is 1.54. The van der Waals surface area contributed by atoms with E-state index in [0.29, 0.717) is 17.5 Å². The van der Waals surface area contributed by atoms with Crippen molar-refractivity contribution < 1.29 is 13.8 Å². The molecule has 0 saturated carbocycles. The van der Waals surface area contributed by atoms with E-state index in [1.165, 1.54) is 0 Å². The Morgan fingerprint density at radius 2 is 1.65 bits per heavy atom. The summed E-state index contributed by atoms with van der Waals surface area (Å²) in [6.45, 7) is 0.00842. The largest absolute Gasteiger partial charge is 0.392 e. The summed E-state index contributed by atoms with van der Waals surface area (Å²) >= 11 is 0. The molecule has 1 N–H and O–H groups in total. The molecule has 1 atom stereocenters. The molecule has 23 heavy (non-hydrogen) atoms. The molecule has 6 heteroatoms.